The number of benzene rings is 1. The van der Waals surface area contributed by atoms with E-state index < -0.39 is 11.6 Å². The van der Waals surface area contributed by atoms with E-state index in [2.05, 4.69) is 10.6 Å². The summed E-state index contributed by atoms with van der Waals surface area (Å²) in [5.41, 5.74) is 0.192. The van der Waals surface area contributed by atoms with Crippen LogP contribution < -0.4 is 10.6 Å². The first kappa shape index (κ1) is 13.7. The lowest BCUT2D eigenvalue weighted by molar-refractivity contribution is -0.119. The van der Waals surface area contributed by atoms with Gasteiger partial charge in [-0.2, -0.15) is 0 Å². The van der Waals surface area contributed by atoms with Crippen molar-refractivity contribution in [1.29, 1.82) is 0 Å². The van der Waals surface area contributed by atoms with Crippen LogP contribution in [0.1, 0.15) is 13.3 Å². The molecule has 0 aliphatic rings. The van der Waals surface area contributed by atoms with Gasteiger partial charge in [-0.25, -0.2) is 8.78 Å². The summed E-state index contributed by atoms with van der Waals surface area (Å²) in [6.07, 6.45) is 0.831. The number of anilines is 1. The quantitative estimate of drug-likeness (QED) is 0.801. The van der Waals surface area contributed by atoms with Crippen molar-refractivity contribution in [1.82, 2.24) is 5.32 Å². The van der Waals surface area contributed by atoms with Gasteiger partial charge in [0, 0.05) is 12.6 Å². The Bertz CT molecular complexity index is 413. The number of halogens is 3. The van der Waals surface area contributed by atoms with E-state index in [0.29, 0.717) is 6.54 Å². The first-order chi connectivity index (χ1) is 8.04. The monoisotopic (exact) mass is 262 g/mol. The number of amides is 1. The van der Waals surface area contributed by atoms with E-state index in [-0.39, 0.29) is 23.2 Å². The van der Waals surface area contributed by atoms with Gasteiger partial charge in [0.05, 0.1) is 17.3 Å². The highest BCUT2D eigenvalue weighted by Crippen LogP contribution is 2.24. The van der Waals surface area contributed by atoms with Crippen molar-refractivity contribution in [3.05, 3.63) is 28.8 Å². The second-order valence-corrected chi connectivity index (χ2v) is 3.86. The average Bonchev–Trinajstić information content (AvgIpc) is 2.29. The molecule has 0 heterocycles. The lowest BCUT2D eigenvalue weighted by atomic mass is 10.3. The number of carbonyl (C=O) groups excluding carboxylic acids is 1. The van der Waals surface area contributed by atoms with Crippen molar-refractivity contribution in [2.24, 2.45) is 0 Å². The lowest BCUT2D eigenvalue weighted by Gasteiger charge is -2.09. The van der Waals surface area contributed by atoms with Gasteiger partial charge in [0.15, 0.2) is 11.6 Å². The van der Waals surface area contributed by atoms with Crippen LogP contribution in [-0.4, -0.2) is 19.0 Å². The van der Waals surface area contributed by atoms with Gasteiger partial charge in [-0.15, -0.1) is 0 Å². The molecule has 2 N–H and O–H groups in total. The highest BCUT2D eigenvalue weighted by Gasteiger charge is 2.09. The molecule has 0 radical (unpaired) electrons. The zero-order valence-corrected chi connectivity index (χ0v) is 10.1. The fourth-order valence-electron chi connectivity index (χ4n) is 1.16. The highest BCUT2D eigenvalue weighted by atomic mass is 35.5. The first-order valence-corrected chi connectivity index (χ1v) is 5.57. The standard InChI is InChI=1S/C11H13ClF2N2O/c1-2-3-15-11(17)6-16-10-5-9(14)8(13)4-7(10)12/h4-5,16H,2-3,6H2,1H3,(H,15,17). The minimum atomic E-state index is -1.02. The van der Waals surface area contributed by atoms with Crippen LogP contribution in [-0.2, 0) is 4.79 Å². The molecule has 0 saturated heterocycles. The molecule has 6 heteroatoms. The molecule has 3 nitrogen and oxygen atoms in total. The van der Waals surface area contributed by atoms with Crippen molar-refractivity contribution < 1.29 is 13.6 Å². The number of hydrogen-bond acceptors (Lipinski definition) is 2. The first-order valence-electron chi connectivity index (χ1n) is 5.19. The van der Waals surface area contributed by atoms with Crippen LogP contribution in [0.2, 0.25) is 5.02 Å². The molecule has 0 saturated carbocycles. The van der Waals surface area contributed by atoms with Crippen LogP contribution in [0.25, 0.3) is 0 Å². The molecule has 0 aliphatic carbocycles. The predicted molar refractivity (Wildman–Crippen MR) is 63.2 cm³/mol. The fourth-order valence-corrected chi connectivity index (χ4v) is 1.38. The number of carbonyl (C=O) groups is 1. The summed E-state index contributed by atoms with van der Waals surface area (Å²) >= 11 is 5.69. The van der Waals surface area contributed by atoms with Gasteiger partial charge in [-0.3, -0.25) is 4.79 Å². The topological polar surface area (TPSA) is 41.1 Å². The molecule has 0 spiro atoms. The van der Waals surface area contributed by atoms with E-state index in [4.69, 9.17) is 11.6 Å². The Morgan fingerprint density at radius 2 is 2.00 bits per heavy atom. The molecule has 1 amide bonds. The molecule has 0 unspecified atom stereocenters. The summed E-state index contributed by atoms with van der Waals surface area (Å²) in [7, 11) is 0. The molecule has 0 aromatic heterocycles. The van der Waals surface area contributed by atoms with Crippen LogP contribution in [0, 0.1) is 11.6 Å². The molecular weight excluding hydrogens is 250 g/mol. The summed E-state index contributed by atoms with van der Waals surface area (Å²) < 4.78 is 25.7. The molecule has 1 aromatic carbocycles. The minimum absolute atomic E-state index is 0.0344. The predicted octanol–water partition coefficient (Wildman–Crippen LogP) is 2.56. The highest BCUT2D eigenvalue weighted by molar-refractivity contribution is 6.33. The third-order valence-electron chi connectivity index (χ3n) is 2.02. The summed E-state index contributed by atoms with van der Waals surface area (Å²) in [4.78, 5) is 11.3. The SMILES string of the molecule is CCCNC(=O)CNc1cc(F)c(F)cc1Cl. The molecule has 94 valence electrons. The van der Waals surface area contributed by atoms with Crippen LogP contribution in [0.15, 0.2) is 12.1 Å². The van der Waals surface area contributed by atoms with E-state index in [1.807, 2.05) is 6.92 Å². The van der Waals surface area contributed by atoms with Crippen molar-refractivity contribution in [2.45, 2.75) is 13.3 Å². The molecule has 0 aliphatic heterocycles. The molecular formula is C11H13ClF2N2O. The molecule has 0 fully saturated rings. The van der Waals surface area contributed by atoms with Crippen molar-refractivity contribution in [3.63, 3.8) is 0 Å². The Kier molecular flexibility index (Phi) is 5.15. The number of hydrogen-bond donors (Lipinski definition) is 2. The zero-order chi connectivity index (χ0) is 12.8. The molecule has 17 heavy (non-hydrogen) atoms. The van der Waals surface area contributed by atoms with Crippen molar-refractivity contribution >= 4 is 23.2 Å². The smallest absolute Gasteiger partial charge is 0.239 e. The van der Waals surface area contributed by atoms with E-state index >= 15 is 0 Å². The maximum Gasteiger partial charge on any atom is 0.239 e. The van der Waals surface area contributed by atoms with E-state index in [1.54, 1.807) is 0 Å². The normalized spacial score (nSPS) is 10.1. The summed E-state index contributed by atoms with van der Waals surface area (Å²) in [6, 6.07) is 1.79. The van der Waals surface area contributed by atoms with Gasteiger partial charge in [-0.05, 0) is 12.5 Å². The molecule has 1 aromatic rings. The van der Waals surface area contributed by atoms with Crippen molar-refractivity contribution in [2.75, 3.05) is 18.4 Å². The lowest BCUT2D eigenvalue weighted by Crippen LogP contribution is -2.30. The maximum atomic E-state index is 12.9. The van der Waals surface area contributed by atoms with Gasteiger partial charge >= 0.3 is 0 Å². The second kappa shape index (κ2) is 6.39. The van der Waals surface area contributed by atoms with Crippen LogP contribution in [0.4, 0.5) is 14.5 Å². The summed E-state index contributed by atoms with van der Waals surface area (Å²) in [5.74, 6) is -2.26. The van der Waals surface area contributed by atoms with E-state index in [0.717, 1.165) is 18.6 Å². The van der Waals surface area contributed by atoms with Crippen LogP contribution >= 0.6 is 11.6 Å². The molecule has 1 rings (SSSR count). The van der Waals surface area contributed by atoms with Gasteiger partial charge in [-0.1, -0.05) is 18.5 Å². The number of rotatable bonds is 5. The Hall–Kier alpha value is -1.36. The largest absolute Gasteiger partial charge is 0.375 e. The Morgan fingerprint density at radius 1 is 1.35 bits per heavy atom. The van der Waals surface area contributed by atoms with E-state index in [9.17, 15) is 13.6 Å². The Balaban J connectivity index is 2.57. The van der Waals surface area contributed by atoms with Crippen LogP contribution in [0.5, 0.6) is 0 Å². The maximum absolute atomic E-state index is 12.9. The van der Waals surface area contributed by atoms with E-state index in [1.165, 1.54) is 0 Å². The van der Waals surface area contributed by atoms with Gasteiger partial charge in [0.25, 0.3) is 0 Å². The minimum Gasteiger partial charge on any atom is -0.375 e. The molecule has 0 atom stereocenters. The van der Waals surface area contributed by atoms with Gasteiger partial charge in [0.1, 0.15) is 0 Å². The third kappa shape index (κ3) is 4.19. The fraction of sp³-hybridized carbons (Fsp3) is 0.364. The Labute approximate surface area is 103 Å². The summed E-state index contributed by atoms with van der Waals surface area (Å²) in [6.45, 7) is 2.47. The van der Waals surface area contributed by atoms with Gasteiger partial charge < -0.3 is 10.6 Å². The molecule has 0 bridgehead atoms. The van der Waals surface area contributed by atoms with Crippen molar-refractivity contribution in [3.8, 4) is 0 Å². The summed E-state index contributed by atoms with van der Waals surface area (Å²) in [5, 5.41) is 5.31. The number of nitrogens with one attached hydrogen (secondary N) is 2. The average molecular weight is 263 g/mol. The Morgan fingerprint density at radius 3 is 2.65 bits per heavy atom. The second-order valence-electron chi connectivity index (χ2n) is 3.45. The third-order valence-corrected chi connectivity index (χ3v) is 2.33. The van der Waals surface area contributed by atoms with Crippen LogP contribution in [0.3, 0.4) is 0 Å². The van der Waals surface area contributed by atoms with Gasteiger partial charge in [0.2, 0.25) is 5.91 Å². The zero-order valence-electron chi connectivity index (χ0n) is 9.32.